The zero-order valence-corrected chi connectivity index (χ0v) is 10.4. The van der Waals surface area contributed by atoms with Gasteiger partial charge in [0.25, 0.3) is 0 Å². The van der Waals surface area contributed by atoms with Crippen LogP contribution in [0.15, 0.2) is 30.6 Å². The molecule has 4 nitrogen and oxygen atoms in total. The van der Waals surface area contributed by atoms with Crippen molar-refractivity contribution >= 4 is 0 Å². The largest absolute Gasteiger partial charge is 0.454 e. The van der Waals surface area contributed by atoms with Gasteiger partial charge in [0.2, 0.25) is 0 Å². The summed E-state index contributed by atoms with van der Waals surface area (Å²) in [4.78, 5) is 0. The maximum Gasteiger partial charge on any atom is 0.165 e. The van der Waals surface area contributed by atoms with Crippen molar-refractivity contribution in [1.82, 2.24) is 9.78 Å². The zero-order chi connectivity index (χ0) is 13.1. The Balaban J connectivity index is 2.29. The predicted molar refractivity (Wildman–Crippen MR) is 67.0 cm³/mol. The van der Waals surface area contributed by atoms with Gasteiger partial charge in [-0.1, -0.05) is 6.07 Å². The third-order valence-corrected chi connectivity index (χ3v) is 2.51. The highest BCUT2D eigenvalue weighted by Gasteiger charge is 2.12. The molecule has 0 aliphatic carbocycles. The molecule has 1 unspecified atom stereocenters. The van der Waals surface area contributed by atoms with Crippen LogP contribution < -0.4 is 10.5 Å². The van der Waals surface area contributed by atoms with Gasteiger partial charge in [0, 0.05) is 18.7 Å². The normalized spacial score (nSPS) is 12.4. The van der Waals surface area contributed by atoms with Crippen LogP contribution in [0, 0.1) is 5.82 Å². The lowest BCUT2D eigenvalue weighted by atomic mass is 10.1. The van der Waals surface area contributed by atoms with Crippen molar-refractivity contribution in [2.24, 2.45) is 12.8 Å². The number of rotatable bonds is 4. The summed E-state index contributed by atoms with van der Waals surface area (Å²) >= 11 is 0. The van der Waals surface area contributed by atoms with E-state index in [9.17, 15) is 4.39 Å². The van der Waals surface area contributed by atoms with Gasteiger partial charge in [0.05, 0.1) is 12.4 Å². The van der Waals surface area contributed by atoms with Crippen molar-refractivity contribution < 1.29 is 9.13 Å². The van der Waals surface area contributed by atoms with Crippen LogP contribution in [0.1, 0.15) is 12.5 Å². The summed E-state index contributed by atoms with van der Waals surface area (Å²) in [6.45, 7) is 1.83. The van der Waals surface area contributed by atoms with Crippen LogP contribution in [0.3, 0.4) is 0 Å². The fourth-order valence-electron chi connectivity index (χ4n) is 1.73. The van der Waals surface area contributed by atoms with Crippen molar-refractivity contribution in [3.63, 3.8) is 0 Å². The number of hydrogen-bond donors (Lipinski definition) is 1. The lowest BCUT2D eigenvalue weighted by Crippen LogP contribution is -2.19. The van der Waals surface area contributed by atoms with Gasteiger partial charge >= 0.3 is 0 Å². The van der Waals surface area contributed by atoms with Crippen LogP contribution in [-0.2, 0) is 13.5 Å². The second-order valence-electron chi connectivity index (χ2n) is 4.35. The lowest BCUT2D eigenvalue weighted by molar-refractivity contribution is 0.463. The Hall–Kier alpha value is -1.88. The van der Waals surface area contributed by atoms with Crippen molar-refractivity contribution in [3.8, 4) is 11.5 Å². The summed E-state index contributed by atoms with van der Waals surface area (Å²) in [5.41, 5.74) is 6.22. The van der Waals surface area contributed by atoms with Crippen LogP contribution in [0.2, 0.25) is 0 Å². The molecule has 0 saturated heterocycles. The first kappa shape index (κ1) is 12.6. The van der Waals surface area contributed by atoms with Crippen LogP contribution in [0.25, 0.3) is 0 Å². The van der Waals surface area contributed by atoms with Crippen LogP contribution >= 0.6 is 0 Å². The number of ether oxygens (including phenoxy) is 1. The molecular weight excluding hydrogens is 233 g/mol. The van der Waals surface area contributed by atoms with Gasteiger partial charge in [-0.3, -0.25) is 4.68 Å². The van der Waals surface area contributed by atoms with Gasteiger partial charge < -0.3 is 10.5 Å². The van der Waals surface area contributed by atoms with E-state index in [2.05, 4.69) is 5.10 Å². The number of hydrogen-bond acceptors (Lipinski definition) is 3. The van der Waals surface area contributed by atoms with Gasteiger partial charge in [-0.25, -0.2) is 4.39 Å². The van der Waals surface area contributed by atoms with Crippen LogP contribution in [0.4, 0.5) is 4.39 Å². The molecule has 1 heterocycles. The second-order valence-corrected chi connectivity index (χ2v) is 4.35. The SMILES string of the molecule is CC(N)Cc1c(F)cccc1Oc1cnn(C)c1. The minimum atomic E-state index is -0.298. The van der Waals surface area contributed by atoms with Crippen LogP contribution in [-0.4, -0.2) is 15.8 Å². The number of benzene rings is 1. The Morgan fingerprint density at radius 2 is 2.28 bits per heavy atom. The number of aryl methyl sites for hydroxylation is 1. The third kappa shape index (κ3) is 2.87. The summed E-state index contributed by atoms with van der Waals surface area (Å²) in [5, 5.41) is 4.00. The minimum Gasteiger partial charge on any atom is -0.454 e. The Morgan fingerprint density at radius 1 is 1.50 bits per heavy atom. The highest BCUT2D eigenvalue weighted by atomic mass is 19.1. The topological polar surface area (TPSA) is 53.1 Å². The predicted octanol–water partition coefficient (Wildman–Crippen LogP) is 2.24. The van der Waals surface area contributed by atoms with Crippen LogP contribution in [0.5, 0.6) is 11.5 Å². The number of nitrogens with zero attached hydrogens (tertiary/aromatic N) is 2. The average molecular weight is 249 g/mol. The zero-order valence-electron chi connectivity index (χ0n) is 10.4. The molecule has 0 saturated carbocycles. The minimum absolute atomic E-state index is 0.127. The molecule has 2 N–H and O–H groups in total. The molecule has 2 rings (SSSR count). The second kappa shape index (κ2) is 5.18. The highest BCUT2D eigenvalue weighted by molar-refractivity contribution is 5.38. The molecule has 0 bridgehead atoms. The molecule has 1 atom stereocenters. The van der Waals surface area contributed by atoms with E-state index in [-0.39, 0.29) is 11.9 Å². The maximum atomic E-state index is 13.8. The summed E-state index contributed by atoms with van der Waals surface area (Å²) < 4.78 is 21.0. The quantitative estimate of drug-likeness (QED) is 0.904. The summed E-state index contributed by atoms with van der Waals surface area (Å²) in [5.74, 6) is 0.767. The van der Waals surface area contributed by atoms with Gasteiger partial charge in [-0.2, -0.15) is 5.10 Å². The molecule has 0 radical (unpaired) electrons. The van der Waals surface area contributed by atoms with E-state index >= 15 is 0 Å². The van der Waals surface area contributed by atoms with Crippen molar-refractivity contribution in [2.75, 3.05) is 0 Å². The maximum absolute atomic E-state index is 13.8. The molecule has 0 amide bonds. The molecule has 96 valence electrons. The van der Waals surface area contributed by atoms with E-state index in [1.807, 2.05) is 6.92 Å². The summed E-state index contributed by atoms with van der Waals surface area (Å²) in [6, 6.07) is 4.63. The summed E-state index contributed by atoms with van der Waals surface area (Å²) in [7, 11) is 1.79. The molecule has 0 aliphatic rings. The van der Waals surface area contributed by atoms with E-state index in [4.69, 9.17) is 10.5 Å². The lowest BCUT2D eigenvalue weighted by Gasteiger charge is -2.12. The molecule has 5 heteroatoms. The van der Waals surface area contributed by atoms with Crippen molar-refractivity contribution in [3.05, 3.63) is 42.0 Å². The number of halogens is 1. The molecule has 2 aromatic rings. The molecule has 0 fully saturated rings. The number of aromatic nitrogens is 2. The molecule has 1 aromatic heterocycles. The Morgan fingerprint density at radius 3 is 2.89 bits per heavy atom. The van der Waals surface area contributed by atoms with Crippen molar-refractivity contribution in [1.29, 1.82) is 0 Å². The van der Waals surface area contributed by atoms with Gasteiger partial charge in [-0.05, 0) is 25.5 Å². The van der Waals surface area contributed by atoms with E-state index in [0.29, 0.717) is 23.5 Å². The van der Waals surface area contributed by atoms with E-state index < -0.39 is 0 Å². The Labute approximate surface area is 105 Å². The molecular formula is C13H16FN3O. The molecule has 0 aliphatic heterocycles. The van der Waals surface area contributed by atoms with E-state index in [1.54, 1.807) is 36.3 Å². The molecule has 0 spiro atoms. The smallest absolute Gasteiger partial charge is 0.165 e. The fraction of sp³-hybridized carbons (Fsp3) is 0.308. The first-order valence-corrected chi connectivity index (χ1v) is 5.75. The number of nitrogens with two attached hydrogens (primary N) is 1. The van der Waals surface area contributed by atoms with Gasteiger partial charge in [0.1, 0.15) is 11.6 Å². The van der Waals surface area contributed by atoms with Gasteiger partial charge in [-0.15, -0.1) is 0 Å². The standard InChI is InChI=1S/C13H16FN3O/c1-9(15)6-11-12(14)4-3-5-13(11)18-10-7-16-17(2)8-10/h3-5,7-9H,6,15H2,1-2H3. The Kier molecular flexibility index (Phi) is 3.62. The molecule has 1 aromatic carbocycles. The fourth-order valence-corrected chi connectivity index (χ4v) is 1.73. The van der Waals surface area contributed by atoms with Gasteiger partial charge in [0.15, 0.2) is 5.75 Å². The first-order chi connectivity index (χ1) is 8.56. The molecule has 18 heavy (non-hydrogen) atoms. The monoisotopic (exact) mass is 249 g/mol. The van der Waals surface area contributed by atoms with E-state index in [0.717, 1.165) is 0 Å². The Bertz CT molecular complexity index is 537. The summed E-state index contributed by atoms with van der Waals surface area (Å²) in [6.07, 6.45) is 3.74. The third-order valence-electron chi connectivity index (χ3n) is 2.51. The van der Waals surface area contributed by atoms with E-state index in [1.165, 1.54) is 6.07 Å². The first-order valence-electron chi connectivity index (χ1n) is 5.75. The average Bonchev–Trinajstić information content (AvgIpc) is 2.69. The highest BCUT2D eigenvalue weighted by Crippen LogP contribution is 2.27. The van der Waals surface area contributed by atoms with Crippen molar-refractivity contribution in [2.45, 2.75) is 19.4 Å².